The molecule has 1 rings (SSSR count). The molecule has 4 heteroatoms. The summed E-state index contributed by atoms with van der Waals surface area (Å²) in [6, 6.07) is 8.27. The van der Waals surface area contributed by atoms with Crippen LogP contribution in [0.4, 0.5) is 0 Å². The molecule has 0 bridgehead atoms. The Balaban J connectivity index is 2.46. The third-order valence-corrected chi connectivity index (χ3v) is 3.75. The number of benzene rings is 1. The first kappa shape index (κ1) is 17.1. The minimum Gasteiger partial charge on any atom is -0.412 e. The summed E-state index contributed by atoms with van der Waals surface area (Å²) in [4.78, 5) is 0. The predicted molar refractivity (Wildman–Crippen MR) is 83.7 cm³/mol. The van der Waals surface area contributed by atoms with E-state index in [2.05, 4.69) is 25.6 Å². The monoisotopic (exact) mass is 292 g/mol. The molecule has 1 unspecified atom stereocenters. The lowest BCUT2D eigenvalue weighted by Gasteiger charge is -2.18. The fraction of sp³-hybridized carbons (Fsp3) is 0.500. The Labute approximate surface area is 124 Å². The first-order valence-corrected chi connectivity index (χ1v) is 8.03. The summed E-state index contributed by atoms with van der Waals surface area (Å²) < 4.78 is 16.7. The number of hydrogen-bond donors (Lipinski definition) is 0. The van der Waals surface area contributed by atoms with Gasteiger partial charge in [0.1, 0.15) is 0 Å². The van der Waals surface area contributed by atoms with Gasteiger partial charge in [0.05, 0.1) is 0 Å². The standard InChI is InChI=1S/C16H24O3Si/c1-5-14-10-8-9-11-15(14)13(4)12-19-20-16(17-6-2)18-7-3/h5,8-11,13,16H,1,6-7,12H2,2-4H3. The van der Waals surface area contributed by atoms with Gasteiger partial charge in [-0.05, 0) is 25.0 Å². The smallest absolute Gasteiger partial charge is 0.299 e. The lowest BCUT2D eigenvalue weighted by Crippen LogP contribution is -2.27. The molecule has 0 saturated carbocycles. The summed E-state index contributed by atoms with van der Waals surface area (Å²) in [5, 5.41) is 0. The maximum atomic E-state index is 5.76. The van der Waals surface area contributed by atoms with Crippen molar-refractivity contribution in [2.45, 2.75) is 32.6 Å². The molecule has 0 fully saturated rings. The lowest BCUT2D eigenvalue weighted by atomic mass is 9.96. The zero-order chi connectivity index (χ0) is 14.8. The first-order chi connectivity index (χ1) is 9.72. The number of hydrogen-bond acceptors (Lipinski definition) is 3. The predicted octanol–water partition coefficient (Wildman–Crippen LogP) is 3.43. The van der Waals surface area contributed by atoms with Crippen molar-refractivity contribution in [3.63, 3.8) is 0 Å². The van der Waals surface area contributed by atoms with Gasteiger partial charge >= 0.3 is 0 Å². The molecular weight excluding hydrogens is 268 g/mol. The van der Waals surface area contributed by atoms with Gasteiger partial charge in [0.15, 0.2) is 5.91 Å². The molecule has 0 aliphatic carbocycles. The summed E-state index contributed by atoms with van der Waals surface area (Å²) >= 11 is 0. The minimum atomic E-state index is -0.244. The molecule has 110 valence electrons. The molecule has 0 aromatic heterocycles. The van der Waals surface area contributed by atoms with Crippen LogP contribution in [0.25, 0.3) is 6.08 Å². The van der Waals surface area contributed by atoms with E-state index in [0.717, 1.165) is 5.56 Å². The molecule has 0 heterocycles. The summed E-state index contributed by atoms with van der Waals surface area (Å²) in [5.41, 5.74) is 2.43. The van der Waals surface area contributed by atoms with Crippen molar-refractivity contribution in [1.29, 1.82) is 0 Å². The zero-order valence-electron chi connectivity index (χ0n) is 12.6. The Morgan fingerprint density at radius 2 is 1.85 bits per heavy atom. The van der Waals surface area contributed by atoms with Crippen molar-refractivity contribution in [3.05, 3.63) is 42.0 Å². The summed E-state index contributed by atoms with van der Waals surface area (Å²) in [6.07, 6.45) is 1.89. The Hall–Kier alpha value is -0.943. The Kier molecular flexibility index (Phi) is 8.45. The molecule has 0 saturated heterocycles. The largest absolute Gasteiger partial charge is 0.412 e. The van der Waals surface area contributed by atoms with E-state index >= 15 is 0 Å². The van der Waals surface area contributed by atoms with E-state index < -0.39 is 0 Å². The van der Waals surface area contributed by atoms with Gasteiger partial charge in [-0.15, -0.1) is 0 Å². The van der Waals surface area contributed by atoms with E-state index in [-0.39, 0.29) is 15.7 Å². The van der Waals surface area contributed by atoms with E-state index in [4.69, 9.17) is 13.9 Å². The number of ether oxygens (including phenoxy) is 2. The summed E-state index contributed by atoms with van der Waals surface area (Å²) in [7, 11) is 0.202. The van der Waals surface area contributed by atoms with Gasteiger partial charge in [-0.1, -0.05) is 43.8 Å². The highest BCUT2D eigenvalue weighted by Crippen LogP contribution is 2.21. The second-order valence-electron chi connectivity index (χ2n) is 4.41. The Morgan fingerprint density at radius 3 is 2.45 bits per heavy atom. The van der Waals surface area contributed by atoms with E-state index in [0.29, 0.717) is 25.7 Å². The van der Waals surface area contributed by atoms with Crippen molar-refractivity contribution in [2.75, 3.05) is 19.8 Å². The van der Waals surface area contributed by atoms with Crippen LogP contribution in [0.1, 0.15) is 37.8 Å². The van der Waals surface area contributed by atoms with Gasteiger partial charge in [0, 0.05) is 25.7 Å². The van der Waals surface area contributed by atoms with Crippen LogP contribution in [0.2, 0.25) is 0 Å². The van der Waals surface area contributed by atoms with Gasteiger partial charge in [0.2, 0.25) is 0 Å². The van der Waals surface area contributed by atoms with Crippen molar-refractivity contribution < 1.29 is 13.9 Å². The third kappa shape index (κ3) is 5.59. The van der Waals surface area contributed by atoms with Crippen LogP contribution >= 0.6 is 0 Å². The summed E-state index contributed by atoms with van der Waals surface area (Å²) in [6.45, 7) is 11.8. The molecule has 0 aliphatic rings. The average molecular weight is 292 g/mol. The molecule has 20 heavy (non-hydrogen) atoms. The molecular formula is C16H24O3Si. The molecule has 1 aromatic rings. The fourth-order valence-electron chi connectivity index (χ4n) is 1.90. The average Bonchev–Trinajstić information content (AvgIpc) is 2.47. The van der Waals surface area contributed by atoms with Crippen molar-refractivity contribution in [2.24, 2.45) is 0 Å². The highest BCUT2D eigenvalue weighted by Gasteiger charge is 2.14. The van der Waals surface area contributed by atoms with Gasteiger partial charge in [0.25, 0.3) is 9.76 Å². The second kappa shape index (κ2) is 9.88. The van der Waals surface area contributed by atoms with Crippen LogP contribution in [0.5, 0.6) is 0 Å². The van der Waals surface area contributed by atoms with Gasteiger partial charge < -0.3 is 13.9 Å². The molecule has 3 nitrogen and oxygen atoms in total. The quantitative estimate of drug-likeness (QED) is 0.488. The third-order valence-electron chi connectivity index (χ3n) is 2.90. The van der Waals surface area contributed by atoms with E-state index in [1.165, 1.54) is 5.56 Å². The minimum absolute atomic E-state index is 0.202. The van der Waals surface area contributed by atoms with Gasteiger partial charge in [-0.3, -0.25) is 0 Å². The molecule has 0 aliphatic heterocycles. The van der Waals surface area contributed by atoms with Crippen LogP contribution < -0.4 is 0 Å². The molecule has 0 amide bonds. The first-order valence-electron chi connectivity index (χ1n) is 7.04. The van der Waals surface area contributed by atoms with Crippen molar-refractivity contribution in [1.82, 2.24) is 0 Å². The Bertz CT molecular complexity index is 389. The van der Waals surface area contributed by atoms with Crippen molar-refractivity contribution >= 4 is 15.8 Å². The highest BCUT2D eigenvalue weighted by atomic mass is 28.2. The van der Waals surface area contributed by atoms with Crippen LogP contribution in [0.3, 0.4) is 0 Å². The van der Waals surface area contributed by atoms with E-state index in [1.54, 1.807) is 0 Å². The maximum absolute atomic E-state index is 5.76. The maximum Gasteiger partial charge on any atom is 0.299 e. The summed E-state index contributed by atoms with van der Waals surface area (Å²) in [5.74, 6) is 0.0763. The Morgan fingerprint density at radius 1 is 1.20 bits per heavy atom. The van der Waals surface area contributed by atoms with Gasteiger partial charge in [-0.25, -0.2) is 0 Å². The van der Waals surface area contributed by atoms with E-state index in [9.17, 15) is 0 Å². The van der Waals surface area contributed by atoms with Gasteiger partial charge in [-0.2, -0.15) is 0 Å². The topological polar surface area (TPSA) is 27.7 Å². The van der Waals surface area contributed by atoms with Crippen LogP contribution in [0, 0.1) is 0 Å². The zero-order valence-corrected chi connectivity index (χ0v) is 13.6. The SMILES string of the molecule is C=Cc1ccccc1C(C)CO[Si]C(OCC)OCC. The van der Waals surface area contributed by atoms with Crippen LogP contribution in [0.15, 0.2) is 30.8 Å². The lowest BCUT2D eigenvalue weighted by molar-refractivity contribution is -0.0900. The van der Waals surface area contributed by atoms with Crippen LogP contribution in [-0.4, -0.2) is 35.5 Å². The van der Waals surface area contributed by atoms with Crippen molar-refractivity contribution in [3.8, 4) is 0 Å². The molecule has 2 radical (unpaired) electrons. The van der Waals surface area contributed by atoms with Crippen LogP contribution in [-0.2, 0) is 13.9 Å². The molecule has 1 atom stereocenters. The normalized spacial score (nSPS) is 12.6. The molecule has 0 spiro atoms. The fourth-order valence-corrected chi connectivity index (χ4v) is 2.85. The number of rotatable bonds is 10. The second-order valence-corrected chi connectivity index (χ2v) is 5.40. The molecule has 1 aromatic carbocycles. The molecule has 0 N–H and O–H groups in total. The van der Waals surface area contributed by atoms with E-state index in [1.807, 2.05) is 32.1 Å². The highest BCUT2D eigenvalue weighted by molar-refractivity contribution is 6.28.